The van der Waals surface area contributed by atoms with Gasteiger partial charge in [-0.3, -0.25) is 4.79 Å². The summed E-state index contributed by atoms with van der Waals surface area (Å²) in [6.45, 7) is 0.900. The summed E-state index contributed by atoms with van der Waals surface area (Å²) in [6.07, 6.45) is 0. The number of amides is 1. The van der Waals surface area contributed by atoms with Crippen molar-refractivity contribution in [3.8, 4) is 0 Å². The molecule has 0 rings (SSSR count). The molecule has 48 valence electrons. The topological polar surface area (TPSA) is 63.2 Å². The molecule has 0 aliphatic rings. The zero-order valence-electron chi connectivity index (χ0n) is 4.01. The molecule has 0 aromatic heterocycles. The fourth-order valence-electron chi connectivity index (χ4n) is 0.172. The molecule has 0 aliphatic heterocycles. The van der Waals surface area contributed by atoms with Gasteiger partial charge < -0.3 is 0 Å². The van der Waals surface area contributed by atoms with E-state index in [1.165, 1.54) is 0 Å². The van der Waals surface area contributed by atoms with Crippen molar-refractivity contribution in [2.24, 2.45) is 0 Å². The fourth-order valence-corrected chi connectivity index (χ4v) is 0.515. The van der Waals surface area contributed by atoms with Gasteiger partial charge >= 0.3 is 10.4 Å². The number of carbonyl (C=O) groups excluding carboxylic acids is 1. The Balaban J connectivity index is 3.95. The summed E-state index contributed by atoms with van der Waals surface area (Å²) in [5.41, 5.74) is 0. The number of halogens is 1. The van der Waals surface area contributed by atoms with E-state index in [9.17, 15) is 17.1 Å². The first-order chi connectivity index (χ1) is 3.42. The van der Waals surface area contributed by atoms with Crippen LogP contribution in [0, 0.1) is 0 Å². The minimum absolute atomic E-state index is 0.900. The van der Waals surface area contributed by atoms with Crippen molar-refractivity contribution in [1.29, 1.82) is 0 Å². The highest BCUT2D eigenvalue weighted by molar-refractivity contribution is 7.84. The molecule has 0 radical (unpaired) electrons. The number of hydrogen-bond acceptors (Lipinski definition) is 3. The van der Waals surface area contributed by atoms with Gasteiger partial charge in [0.2, 0.25) is 5.91 Å². The Bertz CT molecular complexity index is 183. The molecule has 0 heterocycles. The molecule has 6 heteroatoms. The summed E-state index contributed by atoms with van der Waals surface area (Å²) in [7, 11) is -4.82. The summed E-state index contributed by atoms with van der Waals surface area (Å²) in [5.74, 6) is -0.937. The van der Waals surface area contributed by atoms with Crippen LogP contribution in [-0.2, 0) is 15.2 Å². The SMILES string of the molecule is CC(=O)NS(=O)(=O)F. The van der Waals surface area contributed by atoms with Crippen molar-refractivity contribution in [3.05, 3.63) is 0 Å². The third-order valence-corrected chi connectivity index (χ3v) is 0.797. The average Bonchev–Trinajstić information content (AvgIpc) is 1.21. The monoisotopic (exact) mass is 141 g/mol. The molecule has 0 aromatic rings. The van der Waals surface area contributed by atoms with Gasteiger partial charge in [-0.05, 0) is 0 Å². The lowest BCUT2D eigenvalue weighted by atomic mass is 10.8. The molecule has 0 bridgehead atoms. The van der Waals surface area contributed by atoms with E-state index < -0.39 is 16.3 Å². The summed E-state index contributed by atoms with van der Waals surface area (Å²) < 4.78 is 31.2. The maximum Gasteiger partial charge on any atom is 0.399 e. The molecule has 1 N–H and O–H groups in total. The summed E-state index contributed by atoms with van der Waals surface area (Å²) in [4.78, 5) is 9.73. The van der Waals surface area contributed by atoms with Crippen LogP contribution in [0.1, 0.15) is 6.92 Å². The van der Waals surface area contributed by atoms with Crippen molar-refractivity contribution in [1.82, 2.24) is 4.72 Å². The second-order valence-electron chi connectivity index (χ2n) is 1.10. The van der Waals surface area contributed by atoms with Gasteiger partial charge in [-0.2, -0.15) is 8.42 Å². The summed E-state index contributed by atoms with van der Waals surface area (Å²) >= 11 is 0. The Labute approximate surface area is 46.0 Å². The Morgan fingerprint density at radius 3 is 2.00 bits per heavy atom. The lowest BCUT2D eigenvalue weighted by molar-refractivity contribution is -0.117. The van der Waals surface area contributed by atoms with E-state index in [1.807, 2.05) is 0 Å². The molecule has 0 aliphatic carbocycles. The lowest BCUT2D eigenvalue weighted by Crippen LogP contribution is -2.23. The van der Waals surface area contributed by atoms with E-state index in [0.29, 0.717) is 0 Å². The van der Waals surface area contributed by atoms with Crippen LogP contribution in [0.15, 0.2) is 0 Å². The van der Waals surface area contributed by atoms with Gasteiger partial charge in [-0.25, -0.2) is 4.72 Å². The highest BCUT2D eigenvalue weighted by Gasteiger charge is 2.05. The second-order valence-corrected chi connectivity index (χ2v) is 2.18. The van der Waals surface area contributed by atoms with E-state index in [-0.39, 0.29) is 0 Å². The Kier molecular flexibility index (Phi) is 1.91. The van der Waals surface area contributed by atoms with Crippen LogP contribution in [0.2, 0.25) is 0 Å². The maximum absolute atomic E-state index is 11.3. The van der Waals surface area contributed by atoms with Crippen LogP contribution in [0.5, 0.6) is 0 Å². The molecular weight excluding hydrogens is 137 g/mol. The van der Waals surface area contributed by atoms with Crippen molar-refractivity contribution >= 4 is 16.3 Å². The van der Waals surface area contributed by atoms with Gasteiger partial charge in [-0.15, -0.1) is 0 Å². The predicted molar refractivity (Wildman–Crippen MR) is 23.8 cm³/mol. The Morgan fingerprint density at radius 2 is 2.00 bits per heavy atom. The van der Waals surface area contributed by atoms with Crippen LogP contribution in [-0.4, -0.2) is 14.3 Å². The smallest absolute Gasteiger partial charge is 0.274 e. The van der Waals surface area contributed by atoms with E-state index in [0.717, 1.165) is 11.6 Å². The van der Waals surface area contributed by atoms with Crippen LogP contribution in [0.3, 0.4) is 0 Å². The van der Waals surface area contributed by atoms with Crippen molar-refractivity contribution in [3.63, 3.8) is 0 Å². The summed E-state index contributed by atoms with van der Waals surface area (Å²) in [5, 5.41) is 0. The van der Waals surface area contributed by atoms with E-state index in [2.05, 4.69) is 0 Å². The molecular formula is C2H4FNO3S. The molecule has 1 amide bonds. The zero-order valence-corrected chi connectivity index (χ0v) is 4.83. The van der Waals surface area contributed by atoms with Crippen LogP contribution >= 0.6 is 0 Å². The predicted octanol–water partition coefficient (Wildman–Crippen LogP) is -0.663. The van der Waals surface area contributed by atoms with Crippen LogP contribution in [0.4, 0.5) is 3.89 Å². The molecule has 0 aromatic carbocycles. The number of nitrogens with one attached hydrogen (secondary N) is 1. The first-order valence-electron chi connectivity index (χ1n) is 1.65. The van der Waals surface area contributed by atoms with E-state index in [1.54, 1.807) is 0 Å². The first kappa shape index (κ1) is 7.35. The normalized spacial score (nSPS) is 10.8. The van der Waals surface area contributed by atoms with Gasteiger partial charge in [0.05, 0.1) is 0 Å². The average molecular weight is 141 g/mol. The van der Waals surface area contributed by atoms with Gasteiger partial charge in [0.25, 0.3) is 0 Å². The van der Waals surface area contributed by atoms with Crippen molar-refractivity contribution < 1.29 is 17.1 Å². The van der Waals surface area contributed by atoms with Gasteiger partial charge in [-0.1, -0.05) is 3.89 Å². The third kappa shape index (κ3) is 5.35. The number of hydrogen-bond donors (Lipinski definition) is 1. The lowest BCUT2D eigenvalue weighted by Gasteiger charge is -1.88. The van der Waals surface area contributed by atoms with E-state index >= 15 is 0 Å². The van der Waals surface area contributed by atoms with Crippen LogP contribution in [0.25, 0.3) is 0 Å². The minimum Gasteiger partial charge on any atom is -0.274 e. The maximum atomic E-state index is 11.3. The second kappa shape index (κ2) is 2.08. The highest BCUT2D eigenvalue weighted by atomic mass is 32.3. The molecule has 0 atom stereocenters. The van der Waals surface area contributed by atoms with Crippen molar-refractivity contribution in [2.45, 2.75) is 6.92 Å². The molecule has 0 spiro atoms. The fraction of sp³-hybridized carbons (Fsp3) is 0.500. The quantitative estimate of drug-likeness (QED) is 0.493. The Hall–Kier alpha value is -0.650. The zero-order chi connectivity index (χ0) is 6.78. The van der Waals surface area contributed by atoms with Gasteiger partial charge in [0, 0.05) is 6.92 Å². The van der Waals surface area contributed by atoms with E-state index in [4.69, 9.17) is 0 Å². The van der Waals surface area contributed by atoms with Gasteiger partial charge in [0.15, 0.2) is 0 Å². The third-order valence-electron chi connectivity index (χ3n) is 0.266. The summed E-state index contributed by atoms with van der Waals surface area (Å²) in [6, 6.07) is 0. The minimum atomic E-state index is -4.82. The molecule has 0 saturated carbocycles. The number of rotatable bonds is 1. The largest absolute Gasteiger partial charge is 0.399 e. The molecule has 0 unspecified atom stereocenters. The number of carbonyl (C=O) groups is 1. The van der Waals surface area contributed by atoms with Crippen LogP contribution < -0.4 is 4.72 Å². The molecule has 8 heavy (non-hydrogen) atoms. The molecule has 0 fully saturated rings. The Morgan fingerprint density at radius 1 is 1.62 bits per heavy atom. The molecule has 4 nitrogen and oxygen atoms in total. The van der Waals surface area contributed by atoms with Gasteiger partial charge in [0.1, 0.15) is 0 Å². The first-order valence-corrected chi connectivity index (χ1v) is 3.03. The molecule has 0 saturated heterocycles. The highest BCUT2D eigenvalue weighted by Crippen LogP contribution is 1.80. The standard InChI is InChI=1S/C2H4FNO3S/c1-2(5)4-8(3,6)7/h1H3,(H,4,5). The van der Waals surface area contributed by atoms with Crippen molar-refractivity contribution in [2.75, 3.05) is 0 Å².